The molecule has 7 heteroatoms. The molecule has 0 radical (unpaired) electrons. The summed E-state index contributed by atoms with van der Waals surface area (Å²) in [6, 6.07) is 14.8. The van der Waals surface area contributed by atoms with Crippen LogP contribution in [0, 0.1) is 6.92 Å². The van der Waals surface area contributed by atoms with Gasteiger partial charge in [-0.25, -0.2) is 12.7 Å². The molecule has 0 aliphatic heterocycles. The Morgan fingerprint density at radius 3 is 2.52 bits per heavy atom. The second-order valence-corrected chi connectivity index (χ2v) is 9.71. The van der Waals surface area contributed by atoms with Gasteiger partial charge in [-0.05, 0) is 42.7 Å². The van der Waals surface area contributed by atoms with Crippen LogP contribution in [-0.2, 0) is 20.6 Å². The molecule has 0 heterocycles. The lowest BCUT2D eigenvalue weighted by atomic mass is 10.0. The first-order valence-electron chi connectivity index (χ1n) is 8.66. The third kappa shape index (κ3) is 5.82. The fourth-order valence-corrected chi connectivity index (χ4v) is 4.46. The van der Waals surface area contributed by atoms with Crippen molar-refractivity contribution in [2.75, 3.05) is 19.8 Å². The molecule has 0 bridgehead atoms. The van der Waals surface area contributed by atoms with Crippen LogP contribution in [-0.4, -0.2) is 38.5 Å². The summed E-state index contributed by atoms with van der Waals surface area (Å²) in [6.45, 7) is 4.00. The third-order valence-corrected chi connectivity index (χ3v) is 7.03. The summed E-state index contributed by atoms with van der Waals surface area (Å²) in [5.74, 6) is 0.858. The number of amides is 1. The van der Waals surface area contributed by atoms with E-state index in [1.807, 2.05) is 44.2 Å². The number of carbonyl (C=O) groups excluding carboxylic acids is 1. The number of carbonyl (C=O) groups is 1. The number of nitrogens with one attached hydrogen (secondary N) is 1. The molecule has 2 aromatic rings. The highest BCUT2D eigenvalue weighted by atomic mass is 32.2. The second-order valence-electron chi connectivity index (χ2n) is 6.57. The average molecular weight is 407 g/mol. The van der Waals surface area contributed by atoms with E-state index in [0.29, 0.717) is 11.5 Å². The van der Waals surface area contributed by atoms with Crippen molar-refractivity contribution < 1.29 is 13.2 Å². The fourth-order valence-electron chi connectivity index (χ4n) is 2.70. The van der Waals surface area contributed by atoms with Gasteiger partial charge >= 0.3 is 0 Å². The zero-order chi connectivity index (χ0) is 20.0. The highest BCUT2D eigenvalue weighted by molar-refractivity contribution is 7.99. The monoisotopic (exact) mass is 406 g/mol. The van der Waals surface area contributed by atoms with Crippen LogP contribution in [0.15, 0.2) is 53.4 Å². The van der Waals surface area contributed by atoms with E-state index in [9.17, 15) is 13.2 Å². The molecule has 0 saturated carbocycles. The lowest BCUT2D eigenvalue weighted by Gasteiger charge is -2.16. The molecular weight excluding hydrogens is 380 g/mol. The first-order valence-corrected chi connectivity index (χ1v) is 11.3. The van der Waals surface area contributed by atoms with E-state index in [1.165, 1.54) is 30.2 Å². The number of benzene rings is 2. The number of aryl methyl sites for hydroxylation is 1. The topological polar surface area (TPSA) is 66.5 Å². The van der Waals surface area contributed by atoms with Crippen molar-refractivity contribution >= 4 is 27.7 Å². The quantitative estimate of drug-likeness (QED) is 0.730. The van der Waals surface area contributed by atoms with E-state index in [0.717, 1.165) is 16.7 Å². The molecule has 0 spiro atoms. The van der Waals surface area contributed by atoms with Gasteiger partial charge in [0.05, 0.1) is 16.7 Å². The number of hydrogen-bond donors (Lipinski definition) is 1. The lowest BCUT2D eigenvalue weighted by molar-refractivity contribution is -0.119. The van der Waals surface area contributed by atoms with Crippen molar-refractivity contribution in [3.63, 3.8) is 0 Å². The summed E-state index contributed by atoms with van der Waals surface area (Å²) in [5.41, 5.74) is 3.14. The minimum absolute atomic E-state index is 0.0344. The van der Waals surface area contributed by atoms with Gasteiger partial charge in [0.1, 0.15) is 0 Å². The normalized spacial score (nSPS) is 12.8. The predicted molar refractivity (Wildman–Crippen MR) is 111 cm³/mol. The molecule has 0 fully saturated rings. The summed E-state index contributed by atoms with van der Waals surface area (Å²) in [5, 5.41) is 3.01. The Balaban J connectivity index is 1.89. The van der Waals surface area contributed by atoms with Crippen LogP contribution in [0.3, 0.4) is 0 Å². The molecule has 27 heavy (non-hydrogen) atoms. The van der Waals surface area contributed by atoms with Crippen LogP contribution in [0.1, 0.15) is 29.7 Å². The van der Waals surface area contributed by atoms with Crippen molar-refractivity contribution in [1.82, 2.24) is 9.62 Å². The van der Waals surface area contributed by atoms with Gasteiger partial charge in [-0.2, -0.15) is 0 Å². The van der Waals surface area contributed by atoms with Crippen molar-refractivity contribution in [1.29, 1.82) is 0 Å². The number of nitrogens with zero attached hydrogens (tertiary/aromatic N) is 1. The molecule has 2 rings (SSSR count). The van der Waals surface area contributed by atoms with Crippen LogP contribution in [0.2, 0.25) is 0 Å². The maximum absolute atomic E-state index is 12.2. The summed E-state index contributed by atoms with van der Waals surface area (Å²) in [7, 11) is -0.425. The van der Waals surface area contributed by atoms with Crippen LogP contribution in [0.4, 0.5) is 0 Å². The first-order chi connectivity index (χ1) is 12.7. The van der Waals surface area contributed by atoms with E-state index < -0.39 is 10.0 Å². The molecule has 2 aromatic carbocycles. The fraction of sp³-hybridized carbons (Fsp3) is 0.350. The first kappa shape index (κ1) is 21.5. The number of sulfonamides is 1. The molecule has 1 unspecified atom stereocenters. The Labute approximate surface area is 166 Å². The highest BCUT2D eigenvalue weighted by Gasteiger charge is 2.17. The van der Waals surface area contributed by atoms with Crippen molar-refractivity contribution in [2.24, 2.45) is 0 Å². The van der Waals surface area contributed by atoms with Crippen LogP contribution < -0.4 is 5.32 Å². The molecule has 1 N–H and O–H groups in total. The molecule has 146 valence electrons. The van der Waals surface area contributed by atoms with Gasteiger partial charge in [0.25, 0.3) is 0 Å². The van der Waals surface area contributed by atoms with Crippen molar-refractivity contribution in [3.05, 3.63) is 65.2 Å². The van der Waals surface area contributed by atoms with Gasteiger partial charge in [0.2, 0.25) is 15.9 Å². The SMILES string of the molecule is Cc1ccccc1C(C)NC(=O)CSCc1cccc(S(=O)(=O)N(C)C)c1. The van der Waals surface area contributed by atoms with Gasteiger partial charge < -0.3 is 5.32 Å². The van der Waals surface area contributed by atoms with E-state index >= 15 is 0 Å². The average Bonchev–Trinajstić information content (AvgIpc) is 2.62. The third-order valence-electron chi connectivity index (χ3n) is 4.21. The van der Waals surface area contributed by atoms with Crippen LogP contribution in [0.5, 0.6) is 0 Å². The molecule has 0 saturated heterocycles. The Kier molecular flexibility index (Phi) is 7.47. The van der Waals surface area contributed by atoms with E-state index in [2.05, 4.69) is 5.32 Å². The molecule has 0 aliphatic rings. The van der Waals surface area contributed by atoms with Gasteiger partial charge in [-0.1, -0.05) is 36.4 Å². The Hall–Kier alpha value is -1.83. The van der Waals surface area contributed by atoms with Gasteiger partial charge in [-0.3, -0.25) is 4.79 Å². The van der Waals surface area contributed by atoms with Crippen molar-refractivity contribution in [3.8, 4) is 0 Å². The number of hydrogen-bond acceptors (Lipinski definition) is 4. The number of rotatable bonds is 8. The summed E-state index contributed by atoms with van der Waals surface area (Å²) in [6.07, 6.45) is 0. The minimum Gasteiger partial charge on any atom is -0.349 e. The van der Waals surface area contributed by atoms with Gasteiger partial charge in [0, 0.05) is 19.8 Å². The van der Waals surface area contributed by atoms with E-state index in [-0.39, 0.29) is 16.8 Å². The lowest BCUT2D eigenvalue weighted by Crippen LogP contribution is -2.28. The zero-order valence-corrected chi connectivity index (χ0v) is 17.7. The molecular formula is C20H26N2O3S2. The van der Waals surface area contributed by atoms with Crippen LogP contribution in [0.25, 0.3) is 0 Å². The van der Waals surface area contributed by atoms with Gasteiger partial charge in [-0.15, -0.1) is 11.8 Å². The molecule has 1 amide bonds. The van der Waals surface area contributed by atoms with Crippen LogP contribution >= 0.6 is 11.8 Å². The zero-order valence-electron chi connectivity index (χ0n) is 16.1. The Bertz CT molecular complexity index is 896. The molecule has 0 aromatic heterocycles. The second kappa shape index (κ2) is 9.39. The summed E-state index contributed by atoms with van der Waals surface area (Å²) in [4.78, 5) is 12.5. The van der Waals surface area contributed by atoms with Crippen molar-refractivity contribution in [2.45, 2.75) is 30.5 Å². The standard InChI is InChI=1S/C20H26N2O3S2/c1-15-8-5-6-11-19(15)16(2)21-20(23)14-26-13-17-9-7-10-18(12-17)27(24,25)22(3)4/h5-12,16H,13-14H2,1-4H3,(H,21,23). The minimum atomic E-state index is -3.45. The van der Waals surface area contributed by atoms with E-state index in [4.69, 9.17) is 0 Å². The Morgan fingerprint density at radius 2 is 1.85 bits per heavy atom. The predicted octanol–water partition coefficient (Wildman–Crippen LogP) is 3.36. The largest absolute Gasteiger partial charge is 0.349 e. The molecule has 0 aliphatic carbocycles. The smallest absolute Gasteiger partial charge is 0.242 e. The Morgan fingerprint density at radius 1 is 1.15 bits per heavy atom. The maximum atomic E-state index is 12.2. The summed E-state index contributed by atoms with van der Waals surface area (Å²) >= 11 is 1.46. The number of thioether (sulfide) groups is 1. The van der Waals surface area contributed by atoms with Gasteiger partial charge in [0.15, 0.2) is 0 Å². The molecule has 5 nitrogen and oxygen atoms in total. The maximum Gasteiger partial charge on any atom is 0.242 e. The molecule has 1 atom stereocenters. The summed E-state index contributed by atoms with van der Waals surface area (Å²) < 4.78 is 25.6. The van der Waals surface area contributed by atoms with E-state index in [1.54, 1.807) is 18.2 Å². The highest BCUT2D eigenvalue weighted by Crippen LogP contribution is 2.20.